The normalized spacial score (nSPS) is 15.4. The van der Waals surface area contributed by atoms with E-state index in [2.05, 4.69) is 4.90 Å². The molecule has 2 aromatic carbocycles. The van der Waals surface area contributed by atoms with E-state index in [4.69, 9.17) is 14.6 Å². The Bertz CT molecular complexity index is 911. The van der Waals surface area contributed by atoms with Crippen LogP contribution in [0, 0.1) is 5.82 Å². The molecule has 1 amide bonds. The van der Waals surface area contributed by atoms with Crippen molar-refractivity contribution in [2.45, 2.75) is 18.9 Å². The van der Waals surface area contributed by atoms with Gasteiger partial charge in [-0.2, -0.15) is 0 Å². The molecule has 166 valence electrons. The van der Waals surface area contributed by atoms with Gasteiger partial charge >= 0.3 is 5.97 Å². The summed E-state index contributed by atoms with van der Waals surface area (Å²) in [6, 6.07) is 11.1. The quantitative estimate of drug-likeness (QED) is 0.693. The van der Waals surface area contributed by atoms with Gasteiger partial charge in [-0.1, -0.05) is 12.1 Å². The van der Waals surface area contributed by atoms with Gasteiger partial charge in [-0.3, -0.25) is 14.5 Å². The van der Waals surface area contributed by atoms with Crippen molar-refractivity contribution in [1.82, 2.24) is 9.80 Å². The van der Waals surface area contributed by atoms with Crippen molar-refractivity contribution in [3.63, 3.8) is 0 Å². The predicted molar refractivity (Wildman–Crippen MR) is 113 cm³/mol. The van der Waals surface area contributed by atoms with Crippen LogP contribution in [0.25, 0.3) is 0 Å². The topological polar surface area (TPSA) is 79.3 Å². The number of amides is 1. The fraction of sp³-hybridized carbons (Fsp3) is 0.391. The first-order chi connectivity index (χ1) is 14.9. The lowest BCUT2D eigenvalue weighted by Gasteiger charge is -2.39. The van der Waals surface area contributed by atoms with Crippen molar-refractivity contribution in [1.29, 1.82) is 0 Å². The molecule has 0 spiro atoms. The zero-order valence-corrected chi connectivity index (χ0v) is 17.7. The van der Waals surface area contributed by atoms with E-state index >= 15 is 0 Å². The fourth-order valence-electron chi connectivity index (χ4n) is 3.89. The predicted octanol–water partition coefficient (Wildman–Crippen LogP) is 3.21. The molecule has 1 saturated heterocycles. The highest BCUT2D eigenvalue weighted by molar-refractivity contribution is 5.95. The summed E-state index contributed by atoms with van der Waals surface area (Å²) in [5.41, 5.74) is 1.40. The lowest BCUT2D eigenvalue weighted by atomic mass is 9.99. The second kappa shape index (κ2) is 10.3. The van der Waals surface area contributed by atoms with Crippen LogP contribution in [0.2, 0.25) is 0 Å². The molecule has 0 aliphatic carbocycles. The van der Waals surface area contributed by atoms with Crippen molar-refractivity contribution in [2.24, 2.45) is 0 Å². The molecule has 0 bridgehead atoms. The average molecular weight is 430 g/mol. The number of nitrogens with zero attached hydrogens (tertiary/aromatic N) is 2. The molecule has 1 atom stereocenters. The number of methoxy groups -OCH3 is 2. The van der Waals surface area contributed by atoms with E-state index in [0.29, 0.717) is 49.7 Å². The summed E-state index contributed by atoms with van der Waals surface area (Å²) in [6.07, 6.45) is 0.442. The first-order valence-corrected chi connectivity index (χ1v) is 10.2. The molecular formula is C23H27FN2O5. The Morgan fingerprint density at radius 1 is 1.00 bits per heavy atom. The molecule has 2 aromatic rings. The summed E-state index contributed by atoms with van der Waals surface area (Å²) >= 11 is 0. The second-order valence-electron chi connectivity index (χ2n) is 7.40. The maximum absolute atomic E-state index is 13.3. The lowest BCUT2D eigenvalue weighted by molar-refractivity contribution is -0.137. The first-order valence-electron chi connectivity index (χ1n) is 10.2. The monoisotopic (exact) mass is 430 g/mol. The number of hydrogen-bond acceptors (Lipinski definition) is 5. The van der Waals surface area contributed by atoms with Crippen LogP contribution in [-0.2, 0) is 4.79 Å². The van der Waals surface area contributed by atoms with Crippen LogP contribution in [0.1, 0.15) is 34.8 Å². The van der Waals surface area contributed by atoms with Gasteiger partial charge in [0.05, 0.1) is 14.2 Å². The third kappa shape index (κ3) is 5.52. The van der Waals surface area contributed by atoms with Gasteiger partial charge in [0.2, 0.25) is 0 Å². The number of rotatable bonds is 8. The Kier molecular flexibility index (Phi) is 7.46. The summed E-state index contributed by atoms with van der Waals surface area (Å²) in [5.74, 6) is -0.230. The van der Waals surface area contributed by atoms with Gasteiger partial charge in [-0.15, -0.1) is 0 Å². The number of carbonyl (C=O) groups excluding carboxylic acids is 1. The summed E-state index contributed by atoms with van der Waals surface area (Å²) in [4.78, 5) is 28.0. The molecule has 0 unspecified atom stereocenters. The highest BCUT2D eigenvalue weighted by Gasteiger charge is 2.28. The van der Waals surface area contributed by atoms with Gasteiger partial charge < -0.3 is 19.5 Å². The summed E-state index contributed by atoms with van der Waals surface area (Å²) in [7, 11) is 3.07. The molecule has 7 nitrogen and oxygen atoms in total. The molecule has 1 aliphatic rings. The number of aliphatic carboxylic acids is 1. The number of piperazine rings is 1. The van der Waals surface area contributed by atoms with E-state index in [1.165, 1.54) is 19.2 Å². The van der Waals surface area contributed by atoms with Crippen molar-refractivity contribution in [3.8, 4) is 11.5 Å². The standard InChI is InChI=1S/C23H27FN2O5/c1-30-20-9-5-17(15-21(20)31-2)23(29)26-13-11-25(12-14-26)19(8-10-22(27)28)16-3-6-18(24)7-4-16/h3-7,9,15,19H,8,10-14H2,1-2H3,(H,27,28)/t19-/m0/s1. The zero-order valence-electron chi connectivity index (χ0n) is 17.7. The van der Waals surface area contributed by atoms with E-state index in [1.54, 1.807) is 42.3 Å². The number of ether oxygens (including phenoxy) is 2. The van der Waals surface area contributed by atoms with E-state index in [9.17, 15) is 14.0 Å². The summed E-state index contributed by atoms with van der Waals surface area (Å²) < 4.78 is 23.9. The number of carboxylic acids is 1. The SMILES string of the molecule is COc1ccc(C(=O)N2CCN([C@@H](CCC(=O)O)c3ccc(F)cc3)CC2)cc1OC. The molecule has 1 N–H and O–H groups in total. The fourth-order valence-corrected chi connectivity index (χ4v) is 3.89. The smallest absolute Gasteiger partial charge is 0.303 e. The Balaban J connectivity index is 1.69. The zero-order chi connectivity index (χ0) is 22.4. The van der Waals surface area contributed by atoms with Gasteiger partial charge in [0.25, 0.3) is 5.91 Å². The average Bonchev–Trinajstić information content (AvgIpc) is 2.79. The van der Waals surface area contributed by atoms with Gasteiger partial charge in [-0.25, -0.2) is 4.39 Å². The molecule has 3 rings (SSSR count). The lowest BCUT2D eigenvalue weighted by Crippen LogP contribution is -2.49. The first kappa shape index (κ1) is 22.6. The van der Waals surface area contributed by atoms with Crippen LogP contribution in [0.15, 0.2) is 42.5 Å². The third-order valence-corrected chi connectivity index (χ3v) is 5.56. The molecule has 1 heterocycles. The van der Waals surface area contributed by atoms with Crippen LogP contribution < -0.4 is 9.47 Å². The minimum Gasteiger partial charge on any atom is -0.493 e. The highest BCUT2D eigenvalue weighted by atomic mass is 19.1. The van der Waals surface area contributed by atoms with Crippen LogP contribution >= 0.6 is 0 Å². The molecule has 0 radical (unpaired) electrons. The van der Waals surface area contributed by atoms with Gasteiger partial charge in [0, 0.05) is 44.2 Å². The largest absolute Gasteiger partial charge is 0.493 e. The molecule has 0 aromatic heterocycles. The Labute approximate surface area is 181 Å². The van der Waals surface area contributed by atoms with Crippen LogP contribution in [0.4, 0.5) is 4.39 Å². The maximum Gasteiger partial charge on any atom is 0.303 e. The van der Waals surface area contributed by atoms with Gasteiger partial charge in [0.15, 0.2) is 11.5 Å². The van der Waals surface area contributed by atoms with E-state index in [1.807, 2.05) is 0 Å². The molecule has 1 fully saturated rings. The maximum atomic E-state index is 13.3. The van der Waals surface area contributed by atoms with Crippen molar-refractivity contribution < 1.29 is 28.6 Å². The number of halogens is 1. The van der Waals surface area contributed by atoms with E-state index in [-0.39, 0.29) is 24.2 Å². The van der Waals surface area contributed by atoms with E-state index < -0.39 is 5.97 Å². The highest BCUT2D eigenvalue weighted by Crippen LogP contribution is 2.30. The van der Waals surface area contributed by atoms with Gasteiger partial charge in [-0.05, 0) is 42.3 Å². The number of benzene rings is 2. The third-order valence-electron chi connectivity index (χ3n) is 5.56. The Hall–Kier alpha value is -3.13. The number of hydrogen-bond donors (Lipinski definition) is 1. The van der Waals surface area contributed by atoms with E-state index in [0.717, 1.165) is 5.56 Å². The minimum absolute atomic E-state index is 0.0207. The molecule has 31 heavy (non-hydrogen) atoms. The van der Waals surface area contributed by atoms with Crippen molar-refractivity contribution in [3.05, 3.63) is 59.4 Å². The summed E-state index contributed by atoms with van der Waals surface area (Å²) in [5, 5.41) is 9.12. The number of carbonyl (C=O) groups is 2. The Morgan fingerprint density at radius 3 is 2.23 bits per heavy atom. The van der Waals surface area contributed by atoms with Crippen molar-refractivity contribution in [2.75, 3.05) is 40.4 Å². The minimum atomic E-state index is -0.866. The van der Waals surface area contributed by atoms with Crippen LogP contribution in [-0.4, -0.2) is 67.2 Å². The van der Waals surface area contributed by atoms with Crippen LogP contribution in [0.5, 0.6) is 11.5 Å². The number of carboxylic acid groups (broad SMARTS) is 1. The molecule has 0 saturated carbocycles. The van der Waals surface area contributed by atoms with Crippen LogP contribution in [0.3, 0.4) is 0 Å². The van der Waals surface area contributed by atoms with Gasteiger partial charge in [0.1, 0.15) is 5.82 Å². The second-order valence-corrected chi connectivity index (χ2v) is 7.40. The summed E-state index contributed by atoms with van der Waals surface area (Å²) in [6.45, 7) is 2.22. The molecular weight excluding hydrogens is 403 g/mol. The Morgan fingerprint density at radius 2 is 1.65 bits per heavy atom. The molecule has 1 aliphatic heterocycles. The van der Waals surface area contributed by atoms with Crippen molar-refractivity contribution >= 4 is 11.9 Å². The molecule has 8 heteroatoms.